The van der Waals surface area contributed by atoms with Gasteiger partial charge in [-0.15, -0.1) is 0 Å². The second kappa shape index (κ2) is 9.49. The molecule has 1 N–H and O–H groups in total. The van der Waals surface area contributed by atoms with Gasteiger partial charge in [0.05, 0.1) is 5.70 Å². The lowest BCUT2D eigenvalue weighted by Gasteiger charge is -2.32. The molecule has 1 atom stereocenters. The summed E-state index contributed by atoms with van der Waals surface area (Å²) in [7, 11) is 0. The molecule has 3 aromatic carbocycles. The van der Waals surface area contributed by atoms with Crippen LogP contribution >= 0.6 is 11.6 Å². The molecular weight excluding hydrogens is 448 g/mol. The van der Waals surface area contributed by atoms with E-state index in [4.69, 9.17) is 11.6 Å². The Morgan fingerprint density at radius 3 is 2.47 bits per heavy atom. The summed E-state index contributed by atoms with van der Waals surface area (Å²) in [5.41, 5.74) is 5.07. The van der Waals surface area contributed by atoms with Gasteiger partial charge >= 0.3 is 0 Å². The molecule has 0 spiro atoms. The van der Waals surface area contributed by atoms with Crippen molar-refractivity contribution in [1.82, 2.24) is 25.5 Å². The second-order valence-corrected chi connectivity index (χ2v) is 8.62. The fourth-order valence-electron chi connectivity index (χ4n) is 3.98. The minimum absolute atomic E-state index is 0.0836. The van der Waals surface area contributed by atoms with Crippen molar-refractivity contribution in [1.29, 1.82) is 0 Å². The minimum atomic E-state index is -0.232. The number of fused-ring (bicyclic) bond motifs is 1. The molecule has 0 bridgehead atoms. The van der Waals surface area contributed by atoms with Gasteiger partial charge in [-0.05, 0) is 52.2 Å². The van der Waals surface area contributed by atoms with Crippen LogP contribution in [0.4, 0.5) is 5.95 Å². The van der Waals surface area contributed by atoms with E-state index in [1.54, 1.807) is 4.68 Å². The van der Waals surface area contributed by atoms with Crippen molar-refractivity contribution < 1.29 is 4.79 Å². The third-order valence-corrected chi connectivity index (χ3v) is 6.03. The summed E-state index contributed by atoms with van der Waals surface area (Å²) in [6.07, 6.45) is 2.08. The van der Waals surface area contributed by atoms with E-state index in [1.165, 1.54) is 5.56 Å². The molecule has 0 radical (unpaired) electrons. The van der Waals surface area contributed by atoms with Crippen LogP contribution in [0.2, 0.25) is 5.02 Å². The fourth-order valence-corrected chi connectivity index (χ4v) is 4.11. The van der Waals surface area contributed by atoms with Gasteiger partial charge in [0.15, 0.2) is 0 Å². The predicted octanol–water partition coefficient (Wildman–Crippen LogP) is 4.40. The number of benzene rings is 3. The molecule has 0 fully saturated rings. The molecule has 7 nitrogen and oxygen atoms in total. The number of carbonyl (C=O) groups is 1. The average Bonchev–Trinajstić information content (AvgIpc) is 3.35. The topological polar surface area (TPSA) is 75.9 Å². The Labute approximate surface area is 202 Å². The highest BCUT2D eigenvalue weighted by atomic mass is 35.5. The maximum atomic E-state index is 13.0. The Balaban J connectivity index is 1.45. The molecule has 1 amide bonds. The van der Waals surface area contributed by atoms with Crippen LogP contribution in [0.5, 0.6) is 0 Å². The summed E-state index contributed by atoms with van der Waals surface area (Å²) in [4.78, 5) is 14.8. The fraction of sp³-hybridized carbons (Fsp3) is 0.154. The number of nitrogens with one attached hydrogen (secondary N) is 1. The number of carbonyl (C=O) groups excluding carboxylic acids is 1. The maximum absolute atomic E-state index is 13.0. The smallest absolute Gasteiger partial charge is 0.251 e. The van der Waals surface area contributed by atoms with Gasteiger partial charge in [0.1, 0.15) is 12.6 Å². The third-order valence-electron chi connectivity index (χ3n) is 5.78. The number of nitrogens with zero attached hydrogens (tertiary/aromatic N) is 5. The van der Waals surface area contributed by atoms with Crippen LogP contribution in [0.1, 0.15) is 28.3 Å². The molecule has 8 heteroatoms. The zero-order chi connectivity index (χ0) is 23.5. The molecule has 1 aliphatic rings. The van der Waals surface area contributed by atoms with Crippen LogP contribution < -0.4 is 10.2 Å². The summed E-state index contributed by atoms with van der Waals surface area (Å²) in [6, 6.07) is 25.4. The largest absolute Gasteiger partial charge is 0.350 e. The maximum Gasteiger partial charge on any atom is 0.251 e. The lowest BCUT2D eigenvalue weighted by atomic mass is 10.0. The number of aromatic nitrogens is 4. The molecule has 4 aromatic rings. The van der Waals surface area contributed by atoms with Gasteiger partial charge in [-0.1, -0.05) is 89.0 Å². The Morgan fingerprint density at radius 2 is 1.74 bits per heavy atom. The first-order valence-electron chi connectivity index (χ1n) is 11.0. The summed E-state index contributed by atoms with van der Waals surface area (Å²) < 4.78 is 1.73. The first-order chi connectivity index (χ1) is 16.6. The average molecular weight is 471 g/mol. The van der Waals surface area contributed by atoms with Gasteiger partial charge in [-0.25, -0.2) is 0 Å². The van der Waals surface area contributed by atoms with Crippen molar-refractivity contribution in [3.05, 3.63) is 112 Å². The van der Waals surface area contributed by atoms with Crippen molar-refractivity contribution in [3.8, 4) is 0 Å². The summed E-state index contributed by atoms with van der Waals surface area (Å²) >= 11 is 6.10. The number of aryl methyl sites for hydroxylation is 1. The lowest BCUT2D eigenvalue weighted by molar-refractivity contribution is -0.119. The standard InChI is InChI=1S/C26H23ClN6O/c1-18-7-9-19(10-8-18)16-28-25(34)17-32-23(20-5-3-2-4-6-20)15-24(33-26(32)29-30-31-33)21-11-13-22(27)14-12-21/h2-15,24H,16-17H2,1H3,(H,28,34)/t24-/m0/s1. The highest BCUT2D eigenvalue weighted by Crippen LogP contribution is 2.36. The number of anilines is 1. The van der Waals surface area contributed by atoms with Crippen LogP contribution in [0.25, 0.3) is 5.70 Å². The molecule has 1 aliphatic heterocycles. The Bertz CT molecular complexity index is 1320. The minimum Gasteiger partial charge on any atom is -0.350 e. The van der Waals surface area contributed by atoms with E-state index in [9.17, 15) is 4.79 Å². The van der Waals surface area contributed by atoms with E-state index in [-0.39, 0.29) is 18.5 Å². The van der Waals surface area contributed by atoms with E-state index < -0.39 is 0 Å². The monoisotopic (exact) mass is 470 g/mol. The highest BCUT2D eigenvalue weighted by molar-refractivity contribution is 6.30. The summed E-state index contributed by atoms with van der Waals surface area (Å²) in [6.45, 7) is 2.58. The first kappa shape index (κ1) is 21.9. The van der Waals surface area contributed by atoms with E-state index >= 15 is 0 Å². The number of tetrazole rings is 1. The molecule has 34 heavy (non-hydrogen) atoms. The zero-order valence-electron chi connectivity index (χ0n) is 18.6. The SMILES string of the molecule is Cc1ccc(CNC(=O)CN2C(c3ccccc3)=C[C@@H](c3ccc(Cl)cc3)n3nnnc32)cc1. The van der Waals surface area contributed by atoms with Gasteiger partial charge < -0.3 is 5.32 Å². The number of hydrogen-bond donors (Lipinski definition) is 1. The third kappa shape index (κ3) is 4.56. The van der Waals surface area contributed by atoms with Gasteiger partial charge in [0.25, 0.3) is 5.95 Å². The Hall–Kier alpha value is -3.97. The molecule has 0 saturated heterocycles. The van der Waals surface area contributed by atoms with E-state index in [0.717, 1.165) is 22.4 Å². The van der Waals surface area contributed by atoms with Crippen molar-refractivity contribution in [2.75, 3.05) is 11.4 Å². The predicted molar refractivity (Wildman–Crippen MR) is 132 cm³/mol. The van der Waals surface area contributed by atoms with Crippen LogP contribution in [-0.2, 0) is 11.3 Å². The van der Waals surface area contributed by atoms with Crippen LogP contribution in [0.3, 0.4) is 0 Å². The summed E-state index contributed by atoms with van der Waals surface area (Å²) in [5.74, 6) is 0.383. The van der Waals surface area contributed by atoms with Gasteiger partial charge in [-0.3, -0.25) is 9.69 Å². The first-order valence-corrected chi connectivity index (χ1v) is 11.4. The van der Waals surface area contributed by atoms with Crippen LogP contribution in [-0.4, -0.2) is 32.7 Å². The molecule has 170 valence electrons. The second-order valence-electron chi connectivity index (χ2n) is 8.19. The molecule has 1 aromatic heterocycles. The van der Waals surface area contributed by atoms with Gasteiger partial charge in [0, 0.05) is 11.6 Å². The molecule has 5 rings (SSSR count). The number of halogens is 1. The Morgan fingerprint density at radius 1 is 1.00 bits per heavy atom. The number of hydrogen-bond acceptors (Lipinski definition) is 5. The molecule has 0 saturated carbocycles. The normalized spacial score (nSPS) is 14.9. The highest BCUT2D eigenvalue weighted by Gasteiger charge is 2.31. The van der Waals surface area contributed by atoms with Gasteiger partial charge in [-0.2, -0.15) is 4.68 Å². The molecule has 0 unspecified atom stereocenters. The van der Waals surface area contributed by atoms with Crippen molar-refractivity contribution >= 4 is 29.2 Å². The number of amides is 1. The summed E-state index contributed by atoms with van der Waals surface area (Å²) in [5, 5.41) is 16.1. The quantitative estimate of drug-likeness (QED) is 0.452. The van der Waals surface area contributed by atoms with E-state index in [0.29, 0.717) is 17.5 Å². The van der Waals surface area contributed by atoms with Crippen LogP contribution in [0.15, 0.2) is 84.9 Å². The van der Waals surface area contributed by atoms with Crippen molar-refractivity contribution in [3.63, 3.8) is 0 Å². The van der Waals surface area contributed by atoms with E-state index in [1.807, 2.05) is 90.7 Å². The molecule has 0 aliphatic carbocycles. The number of rotatable bonds is 6. The molecular formula is C26H23ClN6O. The van der Waals surface area contributed by atoms with Crippen LogP contribution in [0, 0.1) is 6.92 Å². The lowest BCUT2D eigenvalue weighted by Crippen LogP contribution is -2.39. The van der Waals surface area contributed by atoms with Crippen molar-refractivity contribution in [2.45, 2.75) is 19.5 Å². The zero-order valence-corrected chi connectivity index (χ0v) is 19.4. The van der Waals surface area contributed by atoms with E-state index in [2.05, 4.69) is 26.9 Å². The number of allylic oxidation sites excluding steroid dienone is 1. The van der Waals surface area contributed by atoms with Gasteiger partial charge in [0.2, 0.25) is 5.91 Å². The van der Waals surface area contributed by atoms with Crippen molar-refractivity contribution in [2.24, 2.45) is 0 Å². The Kier molecular flexibility index (Phi) is 6.10. The molecule has 2 heterocycles.